The molecule has 1 fully saturated rings. The predicted molar refractivity (Wildman–Crippen MR) is 110 cm³/mol. The molecule has 10 heteroatoms. The third-order valence-electron chi connectivity index (χ3n) is 4.42. The number of primary amides is 1. The molecule has 1 aromatic carbocycles. The Kier molecular flexibility index (Phi) is 9.45. The topological polar surface area (TPSA) is 70.7 Å². The fourth-order valence-corrected chi connectivity index (χ4v) is 3.24. The van der Waals surface area contributed by atoms with Gasteiger partial charge in [0.15, 0.2) is 5.96 Å². The molecule has 1 amide bonds. The van der Waals surface area contributed by atoms with E-state index in [1.807, 2.05) is 11.8 Å². The number of hydrogen-bond acceptors (Lipinski definition) is 2. The van der Waals surface area contributed by atoms with Gasteiger partial charge in [-0.15, -0.1) is 24.0 Å². The average Bonchev–Trinajstić information content (AvgIpc) is 2.58. The van der Waals surface area contributed by atoms with E-state index in [1.165, 1.54) is 0 Å². The Bertz CT molecular complexity index is 697. The maximum absolute atomic E-state index is 13.2. The number of guanidine groups is 1. The summed E-state index contributed by atoms with van der Waals surface area (Å²) < 4.78 is 52.7. The van der Waals surface area contributed by atoms with Crippen LogP contribution in [0.15, 0.2) is 23.2 Å². The largest absolute Gasteiger partial charge is 0.416 e. The maximum atomic E-state index is 13.2. The van der Waals surface area contributed by atoms with Gasteiger partial charge in [0, 0.05) is 26.1 Å². The number of carbonyl (C=O) groups is 1. The number of nitrogens with one attached hydrogen (secondary N) is 1. The quantitative estimate of drug-likeness (QED) is 0.273. The summed E-state index contributed by atoms with van der Waals surface area (Å²) in [5.74, 6) is -0.738. The van der Waals surface area contributed by atoms with E-state index >= 15 is 0 Å². The van der Waals surface area contributed by atoms with Crippen LogP contribution in [0.4, 0.5) is 17.6 Å². The Morgan fingerprint density at radius 1 is 1.39 bits per heavy atom. The third-order valence-corrected chi connectivity index (χ3v) is 4.42. The predicted octanol–water partition coefficient (Wildman–Crippen LogP) is 3.52. The Morgan fingerprint density at radius 2 is 2.11 bits per heavy atom. The summed E-state index contributed by atoms with van der Waals surface area (Å²) in [6.45, 7) is 3.43. The molecule has 158 valence electrons. The van der Waals surface area contributed by atoms with E-state index in [4.69, 9.17) is 5.73 Å². The first-order valence-electron chi connectivity index (χ1n) is 8.88. The van der Waals surface area contributed by atoms with Crippen molar-refractivity contribution in [2.24, 2.45) is 16.6 Å². The Morgan fingerprint density at radius 3 is 2.71 bits per heavy atom. The molecule has 0 aromatic heterocycles. The lowest BCUT2D eigenvalue weighted by molar-refractivity contribution is -0.138. The molecule has 1 aromatic rings. The highest BCUT2D eigenvalue weighted by molar-refractivity contribution is 14.0. The van der Waals surface area contributed by atoms with E-state index in [1.54, 1.807) is 0 Å². The summed E-state index contributed by atoms with van der Waals surface area (Å²) in [7, 11) is 0. The van der Waals surface area contributed by atoms with Crippen molar-refractivity contribution in [3.8, 4) is 0 Å². The Balaban J connectivity index is 0.00000392. The van der Waals surface area contributed by atoms with Crippen molar-refractivity contribution in [3.05, 3.63) is 35.1 Å². The van der Waals surface area contributed by atoms with Gasteiger partial charge in [-0.3, -0.25) is 4.79 Å². The van der Waals surface area contributed by atoms with E-state index in [2.05, 4.69) is 10.3 Å². The van der Waals surface area contributed by atoms with Gasteiger partial charge in [0.2, 0.25) is 5.91 Å². The molecule has 1 heterocycles. The number of nitrogens with zero attached hydrogens (tertiary/aromatic N) is 2. The minimum absolute atomic E-state index is 0. The van der Waals surface area contributed by atoms with Gasteiger partial charge in [0.05, 0.1) is 12.1 Å². The zero-order valence-electron chi connectivity index (χ0n) is 15.6. The lowest BCUT2D eigenvalue weighted by Gasteiger charge is -2.34. The number of carbonyl (C=O) groups excluding carboxylic acids is 1. The molecule has 0 saturated carbocycles. The van der Waals surface area contributed by atoms with Gasteiger partial charge in [-0.2, -0.15) is 13.2 Å². The number of benzene rings is 1. The van der Waals surface area contributed by atoms with Crippen molar-refractivity contribution in [1.29, 1.82) is 0 Å². The summed E-state index contributed by atoms with van der Waals surface area (Å²) in [6.07, 6.45) is -2.67. The van der Waals surface area contributed by atoms with Gasteiger partial charge in [0.25, 0.3) is 0 Å². The molecule has 0 bridgehead atoms. The molecule has 3 N–H and O–H groups in total. The van der Waals surface area contributed by atoms with Crippen molar-refractivity contribution >= 4 is 35.8 Å². The fourth-order valence-electron chi connectivity index (χ4n) is 3.24. The van der Waals surface area contributed by atoms with Crippen LogP contribution in [0.2, 0.25) is 0 Å². The molecule has 1 aliphatic heterocycles. The zero-order valence-corrected chi connectivity index (χ0v) is 17.9. The first kappa shape index (κ1) is 24.4. The van der Waals surface area contributed by atoms with E-state index in [-0.39, 0.29) is 54.3 Å². The highest BCUT2D eigenvalue weighted by Gasteiger charge is 2.33. The van der Waals surface area contributed by atoms with Gasteiger partial charge >= 0.3 is 6.18 Å². The highest BCUT2D eigenvalue weighted by Crippen LogP contribution is 2.33. The van der Waals surface area contributed by atoms with Crippen LogP contribution in [0, 0.1) is 11.7 Å². The second-order valence-corrected chi connectivity index (χ2v) is 6.59. The molecule has 2 rings (SSSR count). The lowest BCUT2D eigenvalue weighted by Crippen LogP contribution is -2.47. The van der Waals surface area contributed by atoms with Crippen molar-refractivity contribution in [1.82, 2.24) is 10.2 Å². The number of hydrogen-bond donors (Lipinski definition) is 2. The minimum atomic E-state index is -4.65. The van der Waals surface area contributed by atoms with Gasteiger partial charge in [-0.25, -0.2) is 9.38 Å². The summed E-state index contributed by atoms with van der Waals surface area (Å²) in [5.41, 5.74) is 4.15. The normalized spacial score (nSPS) is 17.8. The number of aliphatic imine (C=N–C) groups is 1. The van der Waals surface area contributed by atoms with Crippen LogP contribution in [0.3, 0.4) is 0 Å². The number of likely N-dealkylation sites (tertiary alicyclic amines) is 1. The van der Waals surface area contributed by atoms with Crippen LogP contribution >= 0.6 is 24.0 Å². The number of nitrogens with two attached hydrogens (primary N) is 1. The summed E-state index contributed by atoms with van der Waals surface area (Å²) in [6, 6.07) is 2.59. The van der Waals surface area contributed by atoms with Crippen LogP contribution in [-0.2, 0) is 17.5 Å². The number of rotatable bonds is 5. The first-order valence-corrected chi connectivity index (χ1v) is 8.88. The highest BCUT2D eigenvalue weighted by atomic mass is 127. The molecule has 1 aliphatic rings. The van der Waals surface area contributed by atoms with Gasteiger partial charge in [0.1, 0.15) is 5.82 Å². The van der Waals surface area contributed by atoms with Crippen LogP contribution in [-0.4, -0.2) is 36.4 Å². The van der Waals surface area contributed by atoms with E-state index < -0.39 is 17.6 Å². The molecule has 1 atom stereocenters. The van der Waals surface area contributed by atoms with Crippen molar-refractivity contribution in [2.75, 3.05) is 19.6 Å². The van der Waals surface area contributed by atoms with Crippen LogP contribution in [0.5, 0.6) is 0 Å². The van der Waals surface area contributed by atoms with E-state index in [0.29, 0.717) is 31.7 Å². The van der Waals surface area contributed by atoms with Crippen molar-refractivity contribution < 1.29 is 22.4 Å². The summed E-state index contributed by atoms with van der Waals surface area (Å²) in [5, 5.41) is 3.07. The zero-order chi connectivity index (χ0) is 20.0. The number of halogens is 5. The molecule has 28 heavy (non-hydrogen) atoms. The summed E-state index contributed by atoms with van der Waals surface area (Å²) >= 11 is 0. The monoisotopic (exact) mass is 516 g/mol. The van der Waals surface area contributed by atoms with E-state index in [0.717, 1.165) is 25.0 Å². The lowest BCUT2D eigenvalue weighted by atomic mass is 9.95. The number of piperidine rings is 1. The minimum Gasteiger partial charge on any atom is -0.370 e. The standard InChI is InChI=1S/C18H24F4N4O.HI/c1-2-24-17(26-7-3-4-12(11-26)8-16(23)27)25-10-13-5-6-14(19)9-15(13)18(20,21)22;/h5-6,9,12H,2-4,7-8,10-11H2,1H3,(H2,23,27)(H,24,25);1H. The Hall–Kier alpha value is -1.59. The SMILES string of the molecule is CCNC(=NCc1ccc(F)cc1C(F)(F)F)N1CCCC(CC(N)=O)C1.I. The molecule has 0 radical (unpaired) electrons. The summed E-state index contributed by atoms with van der Waals surface area (Å²) in [4.78, 5) is 17.4. The van der Waals surface area contributed by atoms with Gasteiger partial charge in [-0.05, 0) is 43.4 Å². The van der Waals surface area contributed by atoms with Crippen molar-refractivity contribution in [2.45, 2.75) is 38.9 Å². The van der Waals surface area contributed by atoms with Crippen molar-refractivity contribution in [3.63, 3.8) is 0 Å². The molecule has 0 spiro atoms. The molecule has 0 aliphatic carbocycles. The van der Waals surface area contributed by atoms with Gasteiger partial charge < -0.3 is 16.0 Å². The van der Waals surface area contributed by atoms with Crippen LogP contribution in [0.25, 0.3) is 0 Å². The molecule has 1 saturated heterocycles. The van der Waals surface area contributed by atoms with E-state index in [9.17, 15) is 22.4 Å². The maximum Gasteiger partial charge on any atom is 0.416 e. The number of alkyl halides is 3. The molecular weight excluding hydrogens is 491 g/mol. The Labute approximate surface area is 178 Å². The first-order chi connectivity index (χ1) is 12.7. The second kappa shape index (κ2) is 10.8. The average molecular weight is 516 g/mol. The molecule has 1 unspecified atom stereocenters. The van der Waals surface area contributed by atoms with Gasteiger partial charge in [-0.1, -0.05) is 6.07 Å². The third kappa shape index (κ3) is 7.10. The molecular formula is C18H25F4IN4O. The molecule has 5 nitrogen and oxygen atoms in total. The fraction of sp³-hybridized carbons (Fsp3) is 0.556. The second-order valence-electron chi connectivity index (χ2n) is 6.59. The smallest absolute Gasteiger partial charge is 0.370 e. The van der Waals surface area contributed by atoms with Crippen LogP contribution < -0.4 is 11.1 Å². The number of amides is 1. The van der Waals surface area contributed by atoms with Crippen LogP contribution in [0.1, 0.15) is 37.3 Å².